The van der Waals surface area contributed by atoms with Crippen LogP contribution in [0.2, 0.25) is 5.02 Å². The summed E-state index contributed by atoms with van der Waals surface area (Å²) in [5.74, 6) is 0.590. The molecule has 0 radical (unpaired) electrons. The maximum Gasteiger partial charge on any atom is 0.387 e. The largest absolute Gasteiger partial charge is 0.497 e. The van der Waals surface area contributed by atoms with Crippen molar-refractivity contribution < 1.29 is 31.8 Å². The molecule has 0 N–H and O–H groups in total. The van der Waals surface area contributed by atoms with Gasteiger partial charge in [0.1, 0.15) is 22.9 Å². The summed E-state index contributed by atoms with van der Waals surface area (Å²) in [6.07, 6.45) is 0. The fourth-order valence-corrected chi connectivity index (χ4v) is 3.91. The first-order valence-electron chi connectivity index (χ1n) is 10.3. The third-order valence-corrected chi connectivity index (χ3v) is 5.41. The van der Waals surface area contributed by atoms with Gasteiger partial charge in [-0.1, -0.05) is 48.0 Å². The Morgan fingerprint density at radius 3 is 1.94 bits per heavy atom. The molecule has 5 nitrogen and oxygen atoms in total. The molecule has 0 spiro atoms. The molecule has 0 fully saturated rings. The van der Waals surface area contributed by atoms with Crippen LogP contribution in [0.4, 0.5) is 17.6 Å². The van der Waals surface area contributed by atoms with Crippen molar-refractivity contribution in [3.05, 3.63) is 83.4 Å². The minimum absolute atomic E-state index is 0.0420. The number of hydrogen-bond donors (Lipinski definition) is 0. The standard InChI is InChI=1S/C25H19ClF4N2O3/c1-33-18-10-8-15(9-11-18)14-32-23(17-5-3-7-20(13-17)35-25(29)30)21(26)22(31-32)16-4-2-6-19(12-16)34-24(27)28/h2-13,24-25H,14H2,1H3. The summed E-state index contributed by atoms with van der Waals surface area (Å²) in [5, 5.41) is 4.84. The SMILES string of the molecule is COc1ccc(Cn2nc(-c3cccc(OC(F)F)c3)c(Cl)c2-c2cccc(OC(F)F)c2)cc1. The van der Waals surface area contributed by atoms with Gasteiger partial charge < -0.3 is 14.2 Å². The van der Waals surface area contributed by atoms with Crippen molar-refractivity contribution in [1.29, 1.82) is 0 Å². The molecule has 0 saturated carbocycles. The number of rotatable bonds is 9. The second kappa shape index (κ2) is 10.7. The quantitative estimate of drug-likeness (QED) is 0.226. The van der Waals surface area contributed by atoms with E-state index in [2.05, 4.69) is 14.6 Å². The van der Waals surface area contributed by atoms with E-state index in [4.69, 9.17) is 16.3 Å². The molecule has 0 aliphatic rings. The van der Waals surface area contributed by atoms with E-state index in [-0.39, 0.29) is 23.1 Å². The van der Waals surface area contributed by atoms with Gasteiger partial charge in [0, 0.05) is 11.1 Å². The van der Waals surface area contributed by atoms with Crippen molar-refractivity contribution >= 4 is 11.6 Å². The van der Waals surface area contributed by atoms with E-state index >= 15 is 0 Å². The molecule has 0 atom stereocenters. The molecule has 10 heteroatoms. The highest BCUT2D eigenvalue weighted by atomic mass is 35.5. The van der Waals surface area contributed by atoms with E-state index in [0.29, 0.717) is 28.3 Å². The predicted octanol–water partition coefficient (Wildman–Crippen LogP) is 7.13. The Balaban J connectivity index is 1.81. The molecule has 3 aromatic carbocycles. The second-order valence-corrected chi connectivity index (χ2v) is 7.71. The Hall–Kier alpha value is -3.72. The minimum atomic E-state index is -2.99. The Morgan fingerprint density at radius 2 is 1.37 bits per heavy atom. The molecule has 0 unspecified atom stereocenters. The lowest BCUT2D eigenvalue weighted by molar-refractivity contribution is -0.0505. The molecule has 1 aromatic heterocycles. The van der Waals surface area contributed by atoms with Gasteiger partial charge in [-0.25, -0.2) is 0 Å². The first kappa shape index (κ1) is 24.4. The summed E-state index contributed by atoms with van der Waals surface area (Å²) in [7, 11) is 1.56. The van der Waals surface area contributed by atoms with Crippen LogP contribution in [0.15, 0.2) is 72.8 Å². The van der Waals surface area contributed by atoms with Gasteiger partial charge in [-0.3, -0.25) is 4.68 Å². The van der Waals surface area contributed by atoms with Gasteiger partial charge >= 0.3 is 13.2 Å². The number of benzene rings is 3. The number of methoxy groups -OCH3 is 1. The molecular formula is C25H19ClF4N2O3. The monoisotopic (exact) mass is 506 g/mol. The molecule has 0 saturated heterocycles. The van der Waals surface area contributed by atoms with E-state index in [9.17, 15) is 17.6 Å². The summed E-state index contributed by atoms with van der Waals surface area (Å²) < 4.78 is 66.8. The topological polar surface area (TPSA) is 45.5 Å². The number of halogens is 5. The van der Waals surface area contributed by atoms with Crippen LogP contribution in [0.5, 0.6) is 17.2 Å². The number of alkyl halides is 4. The summed E-state index contributed by atoms with van der Waals surface area (Å²) >= 11 is 6.75. The van der Waals surface area contributed by atoms with Gasteiger partial charge in [-0.15, -0.1) is 0 Å². The summed E-state index contributed by atoms with van der Waals surface area (Å²) in [6, 6.07) is 19.4. The van der Waals surface area contributed by atoms with Gasteiger partial charge in [0.15, 0.2) is 0 Å². The molecule has 0 aliphatic carbocycles. The Labute approximate surface area is 203 Å². The molecule has 4 aromatic rings. The van der Waals surface area contributed by atoms with Crippen LogP contribution in [0, 0.1) is 0 Å². The van der Waals surface area contributed by atoms with Gasteiger partial charge in [0.05, 0.1) is 24.4 Å². The number of nitrogens with zero attached hydrogens (tertiary/aromatic N) is 2. The molecule has 0 amide bonds. The first-order valence-corrected chi connectivity index (χ1v) is 10.7. The molecule has 35 heavy (non-hydrogen) atoms. The zero-order chi connectivity index (χ0) is 24.9. The van der Waals surface area contributed by atoms with Crippen LogP contribution in [-0.4, -0.2) is 30.1 Å². The fourth-order valence-electron chi connectivity index (χ4n) is 3.56. The zero-order valence-corrected chi connectivity index (χ0v) is 19.1. The van der Waals surface area contributed by atoms with Crippen LogP contribution >= 0.6 is 11.6 Å². The summed E-state index contributed by atoms with van der Waals surface area (Å²) in [4.78, 5) is 0. The maximum absolute atomic E-state index is 12.8. The van der Waals surface area contributed by atoms with E-state index in [1.807, 2.05) is 12.1 Å². The van der Waals surface area contributed by atoms with Crippen molar-refractivity contribution in [3.63, 3.8) is 0 Å². The van der Waals surface area contributed by atoms with Crippen molar-refractivity contribution in [1.82, 2.24) is 9.78 Å². The summed E-state index contributed by atoms with van der Waals surface area (Å²) in [6.45, 7) is -5.69. The summed E-state index contributed by atoms with van der Waals surface area (Å²) in [5.41, 5.74) is 2.56. The van der Waals surface area contributed by atoms with Crippen molar-refractivity contribution in [2.45, 2.75) is 19.8 Å². The molecule has 182 valence electrons. The lowest BCUT2D eigenvalue weighted by Crippen LogP contribution is -2.05. The smallest absolute Gasteiger partial charge is 0.387 e. The van der Waals surface area contributed by atoms with E-state index in [0.717, 1.165) is 5.56 Å². The molecule has 1 heterocycles. The van der Waals surface area contributed by atoms with Crippen LogP contribution in [0.3, 0.4) is 0 Å². The normalized spacial score (nSPS) is 11.2. The Morgan fingerprint density at radius 1 is 0.800 bits per heavy atom. The van der Waals surface area contributed by atoms with Crippen LogP contribution < -0.4 is 14.2 Å². The van der Waals surface area contributed by atoms with Gasteiger partial charge in [0.2, 0.25) is 0 Å². The third-order valence-electron chi connectivity index (χ3n) is 5.05. The zero-order valence-electron chi connectivity index (χ0n) is 18.3. The molecular weight excluding hydrogens is 488 g/mol. The number of aromatic nitrogens is 2. The van der Waals surface area contributed by atoms with E-state index in [1.54, 1.807) is 48.2 Å². The molecule has 0 aliphatic heterocycles. The minimum Gasteiger partial charge on any atom is -0.497 e. The lowest BCUT2D eigenvalue weighted by atomic mass is 10.1. The second-order valence-electron chi connectivity index (χ2n) is 7.33. The van der Waals surface area contributed by atoms with Crippen LogP contribution in [0.25, 0.3) is 22.5 Å². The average Bonchev–Trinajstić information content (AvgIpc) is 3.14. The number of ether oxygens (including phenoxy) is 3. The fraction of sp³-hybridized carbons (Fsp3) is 0.160. The predicted molar refractivity (Wildman–Crippen MR) is 123 cm³/mol. The van der Waals surface area contributed by atoms with E-state index in [1.165, 1.54) is 24.3 Å². The molecule has 4 rings (SSSR count). The van der Waals surface area contributed by atoms with Gasteiger partial charge in [0.25, 0.3) is 0 Å². The van der Waals surface area contributed by atoms with Crippen LogP contribution in [-0.2, 0) is 6.54 Å². The lowest BCUT2D eigenvalue weighted by Gasteiger charge is -2.11. The van der Waals surface area contributed by atoms with Crippen molar-refractivity contribution in [3.8, 4) is 39.8 Å². The maximum atomic E-state index is 12.8. The van der Waals surface area contributed by atoms with E-state index < -0.39 is 13.2 Å². The first-order chi connectivity index (χ1) is 16.8. The van der Waals surface area contributed by atoms with Crippen molar-refractivity contribution in [2.75, 3.05) is 7.11 Å². The Bertz CT molecular complexity index is 1300. The van der Waals surface area contributed by atoms with Gasteiger partial charge in [-0.2, -0.15) is 22.7 Å². The highest BCUT2D eigenvalue weighted by Crippen LogP contribution is 2.39. The third kappa shape index (κ3) is 5.86. The van der Waals surface area contributed by atoms with Crippen LogP contribution in [0.1, 0.15) is 5.56 Å². The highest BCUT2D eigenvalue weighted by molar-refractivity contribution is 6.35. The molecule has 0 bridgehead atoms. The average molecular weight is 507 g/mol. The van der Waals surface area contributed by atoms with Gasteiger partial charge in [-0.05, 0) is 42.0 Å². The Kier molecular flexibility index (Phi) is 7.45. The van der Waals surface area contributed by atoms with Crippen molar-refractivity contribution in [2.24, 2.45) is 0 Å². The number of hydrogen-bond acceptors (Lipinski definition) is 4. The highest BCUT2D eigenvalue weighted by Gasteiger charge is 2.21.